The Bertz CT molecular complexity index is 754. The highest BCUT2D eigenvalue weighted by molar-refractivity contribution is 5.14. The topological polar surface area (TPSA) is 64.2 Å². The van der Waals surface area contributed by atoms with E-state index in [0.717, 1.165) is 50.5 Å². The van der Waals surface area contributed by atoms with Crippen molar-refractivity contribution < 1.29 is 4.52 Å². The summed E-state index contributed by atoms with van der Waals surface area (Å²) in [6.07, 6.45) is 7.99. The van der Waals surface area contributed by atoms with E-state index < -0.39 is 0 Å². The first kappa shape index (κ1) is 15.6. The molecular weight excluding hydrogens is 304 g/mol. The number of nitrogens with zero attached hydrogens (tertiary/aromatic N) is 4. The monoisotopic (exact) mass is 328 g/mol. The summed E-state index contributed by atoms with van der Waals surface area (Å²) < 4.78 is 7.19. The van der Waals surface area contributed by atoms with E-state index in [2.05, 4.69) is 21.1 Å². The summed E-state index contributed by atoms with van der Waals surface area (Å²) in [6.45, 7) is 5.56. The molecule has 0 amide bonds. The Morgan fingerprint density at radius 3 is 2.79 bits per heavy atom. The predicted octanol–water partition coefficient (Wildman–Crippen LogP) is 2.33. The van der Waals surface area contributed by atoms with Gasteiger partial charge in [-0.15, -0.1) is 0 Å². The van der Waals surface area contributed by atoms with Gasteiger partial charge >= 0.3 is 0 Å². The predicted molar refractivity (Wildman–Crippen MR) is 89.7 cm³/mol. The molecule has 0 aromatic carbocycles. The zero-order valence-corrected chi connectivity index (χ0v) is 14.1. The van der Waals surface area contributed by atoms with Gasteiger partial charge in [-0.25, -0.2) is 4.98 Å². The van der Waals surface area contributed by atoms with Crippen LogP contribution >= 0.6 is 0 Å². The zero-order valence-electron chi connectivity index (χ0n) is 14.1. The Morgan fingerprint density at radius 2 is 2.04 bits per heavy atom. The normalized spacial score (nSPS) is 19.7. The van der Waals surface area contributed by atoms with Gasteiger partial charge in [0.1, 0.15) is 5.76 Å². The first-order chi connectivity index (χ1) is 11.7. The number of rotatable bonds is 5. The number of aryl methyl sites for hydroxylation is 1. The summed E-state index contributed by atoms with van der Waals surface area (Å²) in [4.78, 5) is 18.7. The Morgan fingerprint density at radius 1 is 1.25 bits per heavy atom. The van der Waals surface area contributed by atoms with Crippen molar-refractivity contribution in [2.45, 2.75) is 51.6 Å². The third-order valence-corrected chi connectivity index (χ3v) is 5.18. The molecule has 0 bridgehead atoms. The number of likely N-dealkylation sites (tertiary alicyclic amines) is 1. The van der Waals surface area contributed by atoms with Crippen LogP contribution in [0.5, 0.6) is 0 Å². The highest BCUT2D eigenvalue weighted by Crippen LogP contribution is 2.40. The molecule has 1 aliphatic heterocycles. The fraction of sp³-hybridized carbons (Fsp3) is 0.611. The van der Waals surface area contributed by atoms with Gasteiger partial charge in [0, 0.05) is 36.8 Å². The molecule has 1 aliphatic carbocycles. The van der Waals surface area contributed by atoms with Gasteiger partial charge in [-0.3, -0.25) is 14.3 Å². The lowest BCUT2D eigenvalue weighted by molar-refractivity contribution is 0.162. The van der Waals surface area contributed by atoms with Crippen LogP contribution in [0.25, 0.3) is 0 Å². The van der Waals surface area contributed by atoms with Crippen molar-refractivity contribution in [3.05, 3.63) is 46.0 Å². The maximum atomic E-state index is 12.1. The van der Waals surface area contributed by atoms with Crippen molar-refractivity contribution in [2.24, 2.45) is 5.92 Å². The van der Waals surface area contributed by atoms with E-state index >= 15 is 0 Å². The molecule has 1 saturated carbocycles. The molecule has 24 heavy (non-hydrogen) atoms. The summed E-state index contributed by atoms with van der Waals surface area (Å²) in [5.41, 5.74) is 1.85. The van der Waals surface area contributed by atoms with E-state index in [1.54, 1.807) is 17.1 Å². The van der Waals surface area contributed by atoms with Crippen molar-refractivity contribution in [2.75, 3.05) is 13.1 Å². The molecule has 3 heterocycles. The molecule has 2 aromatic heterocycles. The molecule has 6 heteroatoms. The number of aromatic nitrogens is 3. The number of hydrogen-bond acceptors (Lipinski definition) is 5. The van der Waals surface area contributed by atoms with Crippen LogP contribution in [0.3, 0.4) is 0 Å². The first-order valence-electron chi connectivity index (χ1n) is 8.88. The fourth-order valence-corrected chi connectivity index (χ4v) is 3.49. The smallest absolute Gasteiger partial charge is 0.256 e. The standard InChI is InChI=1S/C18H24N4O2/c1-13-9-19-12-22(18(13)23)10-14-4-6-21(7-5-14)11-16-8-17(24-20-16)15-2-3-15/h8-9,12,14-15H,2-7,10-11H2,1H3. The van der Waals surface area contributed by atoms with E-state index in [1.807, 2.05) is 6.92 Å². The largest absolute Gasteiger partial charge is 0.361 e. The van der Waals surface area contributed by atoms with E-state index in [4.69, 9.17) is 4.52 Å². The molecule has 2 fully saturated rings. The van der Waals surface area contributed by atoms with Crippen molar-refractivity contribution in [3.63, 3.8) is 0 Å². The molecule has 2 aliphatic rings. The van der Waals surface area contributed by atoms with Crippen molar-refractivity contribution >= 4 is 0 Å². The van der Waals surface area contributed by atoms with Gasteiger partial charge in [0.15, 0.2) is 0 Å². The molecular formula is C18H24N4O2. The molecule has 2 aromatic rings. The van der Waals surface area contributed by atoms with E-state index in [1.165, 1.54) is 12.8 Å². The van der Waals surface area contributed by atoms with Crippen LogP contribution in [0.2, 0.25) is 0 Å². The first-order valence-corrected chi connectivity index (χ1v) is 8.88. The lowest BCUT2D eigenvalue weighted by Gasteiger charge is -2.31. The minimum atomic E-state index is 0.0858. The van der Waals surface area contributed by atoms with Gasteiger partial charge in [0.25, 0.3) is 5.56 Å². The summed E-state index contributed by atoms with van der Waals surface area (Å²) in [6, 6.07) is 2.13. The number of hydrogen-bond donors (Lipinski definition) is 0. The average molecular weight is 328 g/mol. The van der Waals surface area contributed by atoms with Gasteiger partial charge in [0.2, 0.25) is 0 Å². The van der Waals surface area contributed by atoms with Gasteiger partial charge in [0.05, 0.1) is 12.0 Å². The Balaban J connectivity index is 1.29. The Kier molecular flexibility index (Phi) is 4.22. The minimum absolute atomic E-state index is 0.0858. The van der Waals surface area contributed by atoms with Gasteiger partial charge < -0.3 is 4.52 Å². The molecule has 0 unspecified atom stereocenters. The highest BCUT2D eigenvalue weighted by Gasteiger charge is 2.28. The van der Waals surface area contributed by atoms with Crippen LogP contribution in [0.1, 0.15) is 48.6 Å². The molecule has 1 saturated heterocycles. The zero-order chi connectivity index (χ0) is 16.5. The van der Waals surface area contributed by atoms with Crippen LogP contribution in [-0.4, -0.2) is 32.7 Å². The maximum Gasteiger partial charge on any atom is 0.256 e. The molecule has 0 radical (unpaired) electrons. The van der Waals surface area contributed by atoms with Gasteiger partial charge in [-0.2, -0.15) is 0 Å². The van der Waals surface area contributed by atoms with Crippen LogP contribution in [-0.2, 0) is 13.1 Å². The number of piperidine rings is 1. The summed E-state index contributed by atoms with van der Waals surface area (Å²) in [7, 11) is 0. The van der Waals surface area contributed by atoms with Crippen LogP contribution in [0, 0.1) is 12.8 Å². The second-order valence-corrected chi connectivity index (χ2v) is 7.25. The third-order valence-electron chi connectivity index (χ3n) is 5.18. The van der Waals surface area contributed by atoms with Crippen molar-refractivity contribution in [1.82, 2.24) is 19.6 Å². The summed E-state index contributed by atoms with van der Waals surface area (Å²) in [5.74, 6) is 2.23. The molecule has 128 valence electrons. The highest BCUT2D eigenvalue weighted by atomic mass is 16.5. The molecule has 4 rings (SSSR count). The quantitative estimate of drug-likeness (QED) is 0.843. The molecule has 0 N–H and O–H groups in total. The second kappa shape index (κ2) is 6.51. The lowest BCUT2D eigenvalue weighted by Crippen LogP contribution is -2.36. The lowest BCUT2D eigenvalue weighted by atomic mass is 9.96. The molecule has 0 spiro atoms. The van der Waals surface area contributed by atoms with Crippen molar-refractivity contribution in [3.8, 4) is 0 Å². The molecule has 0 atom stereocenters. The van der Waals surface area contributed by atoms with Gasteiger partial charge in [-0.05, 0) is 51.6 Å². The van der Waals surface area contributed by atoms with Crippen molar-refractivity contribution in [1.29, 1.82) is 0 Å². The van der Waals surface area contributed by atoms with Crippen LogP contribution < -0.4 is 5.56 Å². The van der Waals surface area contributed by atoms with Gasteiger partial charge in [-0.1, -0.05) is 5.16 Å². The minimum Gasteiger partial charge on any atom is -0.361 e. The Hall–Kier alpha value is -1.95. The Labute approximate surface area is 141 Å². The second-order valence-electron chi connectivity index (χ2n) is 7.25. The third kappa shape index (κ3) is 3.43. The van der Waals surface area contributed by atoms with E-state index in [9.17, 15) is 4.79 Å². The maximum absolute atomic E-state index is 12.1. The van der Waals surface area contributed by atoms with E-state index in [-0.39, 0.29) is 5.56 Å². The van der Waals surface area contributed by atoms with Crippen LogP contribution in [0.15, 0.2) is 27.9 Å². The molecule has 6 nitrogen and oxygen atoms in total. The SMILES string of the molecule is Cc1cncn(CC2CCN(Cc3cc(C4CC4)on3)CC2)c1=O. The van der Waals surface area contributed by atoms with Crippen LogP contribution in [0.4, 0.5) is 0 Å². The van der Waals surface area contributed by atoms with E-state index in [0.29, 0.717) is 17.4 Å². The average Bonchev–Trinajstić information content (AvgIpc) is 3.34. The summed E-state index contributed by atoms with van der Waals surface area (Å²) in [5, 5.41) is 4.21. The summed E-state index contributed by atoms with van der Waals surface area (Å²) >= 11 is 0. The fourth-order valence-electron chi connectivity index (χ4n) is 3.49.